The average Bonchev–Trinajstić information content (AvgIpc) is 3.05. The van der Waals surface area contributed by atoms with Gasteiger partial charge in [0, 0.05) is 31.7 Å². The summed E-state index contributed by atoms with van der Waals surface area (Å²) in [5, 5.41) is 0. The molecule has 1 aromatic rings. The van der Waals surface area contributed by atoms with Gasteiger partial charge in [0.2, 0.25) is 0 Å². The predicted molar refractivity (Wildman–Crippen MR) is 82.0 cm³/mol. The first kappa shape index (κ1) is 14.1. The Morgan fingerprint density at radius 3 is 2.55 bits per heavy atom. The molecular formula is C16H28N4. The van der Waals surface area contributed by atoms with Crippen molar-refractivity contribution in [3.8, 4) is 0 Å². The van der Waals surface area contributed by atoms with Crippen LogP contribution < -0.4 is 0 Å². The Morgan fingerprint density at radius 2 is 1.95 bits per heavy atom. The summed E-state index contributed by atoms with van der Waals surface area (Å²) in [7, 11) is 2.14. The van der Waals surface area contributed by atoms with E-state index in [1.165, 1.54) is 57.8 Å². The minimum absolute atomic E-state index is 0.637. The molecule has 2 saturated heterocycles. The zero-order chi connectivity index (χ0) is 14.1. The lowest BCUT2D eigenvalue weighted by molar-refractivity contribution is 0.129. The lowest BCUT2D eigenvalue weighted by atomic mass is 10.0. The normalized spacial score (nSPS) is 26.4. The van der Waals surface area contributed by atoms with Crippen molar-refractivity contribution in [3.05, 3.63) is 17.7 Å². The summed E-state index contributed by atoms with van der Waals surface area (Å²) in [5.41, 5.74) is 1.15. The number of nitrogens with zero attached hydrogens (tertiary/aromatic N) is 4. The van der Waals surface area contributed by atoms with Gasteiger partial charge >= 0.3 is 0 Å². The third-order valence-corrected chi connectivity index (χ3v) is 5.14. The van der Waals surface area contributed by atoms with Gasteiger partial charge in [-0.1, -0.05) is 6.92 Å². The molecule has 2 aliphatic heterocycles. The van der Waals surface area contributed by atoms with Crippen molar-refractivity contribution in [2.45, 2.75) is 45.1 Å². The van der Waals surface area contributed by atoms with E-state index in [9.17, 15) is 0 Å². The van der Waals surface area contributed by atoms with E-state index < -0.39 is 0 Å². The van der Waals surface area contributed by atoms with E-state index in [0.29, 0.717) is 5.92 Å². The molecule has 0 aliphatic carbocycles. The highest BCUT2D eigenvalue weighted by atomic mass is 15.2. The fraction of sp³-hybridized carbons (Fsp3) is 0.812. The predicted octanol–water partition coefficient (Wildman–Crippen LogP) is 2.00. The zero-order valence-corrected chi connectivity index (χ0v) is 13.2. The van der Waals surface area contributed by atoms with Crippen LogP contribution in [0.3, 0.4) is 0 Å². The molecule has 0 radical (unpaired) electrons. The standard InChI is InChI=1S/C16H28N4/c1-4-19-8-6-15(7-9-19)20-10-5-14(12-20)16-17-13(2)11-18(16)3/h11,14-15H,4-10,12H2,1-3H3/t14-/m0/s1. The van der Waals surface area contributed by atoms with Crippen LogP contribution in [0.25, 0.3) is 0 Å². The van der Waals surface area contributed by atoms with Crippen molar-refractivity contribution in [2.24, 2.45) is 7.05 Å². The SMILES string of the molecule is CCN1CCC(N2CC[C@H](c3nc(C)cn3C)C2)CC1. The molecule has 20 heavy (non-hydrogen) atoms. The molecule has 0 amide bonds. The van der Waals surface area contributed by atoms with E-state index >= 15 is 0 Å². The Bertz CT molecular complexity index is 445. The molecule has 3 heterocycles. The fourth-order valence-corrected chi connectivity index (χ4v) is 3.94. The van der Waals surface area contributed by atoms with Gasteiger partial charge in [-0.15, -0.1) is 0 Å². The number of piperidine rings is 1. The Morgan fingerprint density at radius 1 is 1.20 bits per heavy atom. The molecule has 112 valence electrons. The van der Waals surface area contributed by atoms with Gasteiger partial charge in [0.15, 0.2) is 0 Å². The summed E-state index contributed by atoms with van der Waals surface area (Å²) < 4.78 is 2.23. The third-order valence-electron chi connectivity index (χ3n) is 5.14. The van der Waals surface area contributed by atoms with Crippen LogP contribution in [0.2, 0.25) is 0 Å². The largest absolute Gasteiger partial charge is 0.337 e. The molecule has 0 aromatic carbocycles. The number of likely N-dealkylation sites (tertiary alicyclic amines) is 2. The van der Waals surface area contributed by atoms with Crippen LogP contribution in [0.5, 0.6) is 0 Å². The van der Waals surface area contributed by atoms with Crippen LogP contribution in [0.4, 0.5) is 0 Å². The maximum Gasteiger partial charge on any atom is 0.113 e. The molecule has 2 aliphatic rings. The van der Waals surface area contributed by atoms with Gasteiger partial charge in [0.05, 0.1) is 5.69 Å². The van der Waals surface area contributed by atoms with E-state index in [2.05, 4.69) is 41.5 Å². The molecule has 0 spiro atoms. The van der Waals surface area contributed by atoms with Gasteiger partial charge in [0.1, 0.15) is 5.82 Å². The molecule has 0 bridgehead atoms. The minimum Gasteiger partial charge on any atom is -0.337 e. The van der Waals surface area contributed by atoms with Crippen molar-refractivity contribution >= 4 is 0 Å². The first-order valence-corrected chi connectivity index (χ1v) is 8.13. The van der Waals surface area contributed by atoms with Crippen LogP contribution in [0.1, 0.15) is 43.6 Å². The Hall–Kier alpha value is -0.870. The summed E-state index contributed by atoms with van der Waals surface area (Å²) >= 11 is 0. The Labute approximate surface area is 122 Å². The molecule has 0 unspecified atom stereocenters. The zero-order valence-electron chi connectivity index (χ0n) is 13.2. The number of aryl methyl sites for hydroxylation is 2. The molecule has 3 rings (SSSR count). The maximum atomic E-state index is 4.73. The quantitative estimate of drug-likeness (QED) is 0.844. The van der Waals surface area contributed by atoms with Crippen LogP contribution in [-0.2, 0) is 7.05 Å². The second-order valence-corrected chi connectivity index (χ2v) is 6.50. The lowest BCUT2D eigenvalue weighted by Gasteiger charge is -2.36. The van der Waals surface area contributed by atoms with Crippen LogP contribution in [0.15, 0.2) is 6.20 Å². The second-order valence-electron chi connectivity index (χ2n) is 6.50. The van der Waals surface area contributed by atoms with Crippen molar-refractivity contribution < 1.29 is 0 Å². The van der Waals surface area contributed by atoms with Crippen molar-refractivity contribution in [1.29, 1.82) is 0 Å². The number of hydrogen-bond acceptors (Lipinski definition) is 3. The van der Waals surface area contributed by atoms with Crippen LogP contribution in [-0.4, -0.2) is 58.1 Å². The van der Waals surface area contributed by atoms with Crippen molar-refractivity contribution in [1.82, 2.24) is 19.4 Å². The summed E-state index contributed by atoms with van der Waals surface area (Å²) in [5.74, 6) is 1.92. The van der Waals surface area contributed by atoms with Gasteiger partial charge < -0.3 is 9.47 Å². The van der Waals surface area contributed by atoms with E-state index in [-0.39, 0.29) is 0 Å². The summed E-state index contributed by atoms with van der Waals surface area (Å²) in [4.78, 5) is 10.0. The van der Waals surface area contributed by atoms with Crippen LogP contribution >= 0.6 is 0 Å². The van der Waals surface area contributed by atoms with Crippen molar-refractivity contribution in [2.75, 3.05) is 32.7 Å². The molecule has 1 aromatic heterocycles. The van der Waals surface area contributed by atoms with Crippen LogP contribution in [0, 0.1) is 6.92 Å². The lowest BCUT2D eigenvalue weighted by Crippen LogP contribution is -2.43. The smallest absolute Gasteiger partial charge is 0.113 e. The Balaban J connectivity index is 1.58. The number of hydrogen-bond donors (Lipinski definition) is 0. The maximum absolute atomic E-state index is 4.73. The summed E-state index contributed by atoms with van der Waals surface area (Å²) in [6.07, 6.45) is 6.12. The molecule has 0 N–H and O–H groups in total. The molecular weight excluding hydrogens is 248 g/mol. The van der Waals surface area contributed by atoms with Gasteiger partial charge in [0.25, 0.3) is 0 Å². The first-order chi connectivity index (χ1) is 9.67. The highest BCUT2D eigenvalue weighted by Gasteiger charge is 2.32. The van der Waals surface area contributed by atoms with Crippen molar-refractivity contribution in [3.63, 3.8) is 0 Å². The highest BCUT2D eigenvalue weighted by molar-refractivity contribution is 5.09. The summed E-state index contributed by atoms with van der Waals surface area (Å²) in [6.45, 7) is 10.6. The third kappa shape index (κ3) is 2.77. The monoisotopic (exact) mass is 276 g/mol. The van der Waals surface area contributed by atoms with Gasteiger partial charge in [-0.25, -0.2) is 4.98 Å². The molecule has 4 nitrogen and oxygen atoms in total. The first-order valence-electron chi connectivity index (χ1n) is 8.13. The fourth-order valence-electron chi connectivity index (χ4n) is 3.94. The molecule has 4 heteroatoms. The summed E-state index contributed by atoms with van der Waals surface area (Å²) in [6, 6.07) is 0.809. The van der Waals surface area contributed by atoms with E-state index in [1.807, 2.05) is 0 Å². The van der Waals surface area contributed by atoms with Gasteiger partial charge in [-0.3, -0.25) is 4.90 Å². The van der Waals surface area contributed by atoms with E-state index in [0.717, 1.165) is 11.7 Å². The molecule has 2 fully saturated rings. The molecule has 0 saturated carbocycles. The second kappa shape index (κ2) is 5.86. The Kier molecular flexibility index (Phi) is 4.13. The average molecular weight is 276 g/mol. The van der Waals surface area contributed by atoms with E-state index in [4.69, 9.17) is 4.98 Å². The van der Waals surface area contributed by atoms with Gasteiger partial charge in [-0.05, 0) is 52.4 Å². The number of aromatic nitrogens is 2. The minimum atomic E-state index is 0.637. The van der Waals surface area contributed by atoms with E-state index in [1.54, 1.807) is 0 Å². The number of imidazole rings is 1. The van der Waals surface area contributed by atoms with Gasteiger partial charge in [-0.2, -0.15) is 0 Å². The molecule has 1 atom stereocenters. The number of rotatable bonds is 3. The topological polar surface area (TPSA) is 24.3 Å². The highest BCUT2D eigenvalue weighted by Crippen LogP contribution is 2.30.